The SMILES string of the molecule is Cc1ccnc(NCCF)c1[N+](=O)[O-]. The van der Waals surface area contributed by atoms with Crippen LogP contribution in [0.3, 0.4) is 0 Å². The van der Waals surface area contributed by atoms with Crippen LogP contribution >= 0.6 is 0 Å². The summed E-state index contributed by atoms with van der Waals surface area (Å²) < 4.78 is 11.9. The molecule has 0 bridgehead atoms. The molecule has 0 amide bonds. The van der Waals surface area contributed by atoms with Crippen LogP contribution < -0.4 is 5.32 Å². The van der Waals surface area contributed by atoms with Crippen molar-refractivity contribution in [1.82, 2.24) is 4.98 Å². The smallest absolute Gasteiger partial charge is 0.314 e. The maximum absolute atomic E-state index is 11.9. The first-order valence-electron chi connectivity index (χ1n) is 4.06. The number of hydrogen-bond acceptors (Lipinski definition) is 4. The van der Waals surface area contributed by atoms with Gasteiger partial charge in [0, 0.05) is 18.3 Å². The van der Waals surface area contributed by atoms with Crippen LogP contribution in [-0.4, -0.2) is 23.1 Å². The summed E-state index contributed by atoms with van der Waals surface area (Å²) in [5.41, 5.74) is 0.410. The molecule has 0 fully saturated rings. The second kappa shape index (κ2) is 4.50. The number of aromatic nitrogens is 1. The zero-order valence-electron chi connectivity index (χ0n) is 7.66. The fraction of sp³-hybridized carbons (Fsp3) is 0.375. The number of nitrogens with zero attached hydrogens (tertiary/aromatic N) is 2. The molecule has 0 aliphatic carbocycles. The average molecular weight is 199 g/mol. The summed E-state index contributed by atoms with van der Waals surface area (Å²) in [5.74, 6) is 0.118. The monoisotopic (exact) mass is 199 g/mol. The molecule has 0 spiro atoms. The molecule has 0 unspecified atom stereocenters. The molecule has 0 radical (unpaired) electrons. The maximum Gasteiger partial charge on any atom is 0.314 e. The molecule has 1 rings (SSSR count). The Kier molecular flexibility index (Phi) is 3.33. The molecular weight excluding hydrogens is 189 g/mol. The third-order valence-corrected chi connectivity index (χ3v) is 1.70. The molecule has 6 heteroatoms. The lowest BCUT2D eigenvalue weighted by molar-refractivity contribution is -0.384. The molecule has 0 atom stereocenters. The van der Waals surface area contributed by atoms with Crippen LogP contribution in [0.4, 0.5) is 15.9 Å². The number of halogens is 1. The normalized spacial score (nSPS) is 9.86. The van der Waals surface area contributed by atoms with Gasteiger partial charge in [-0.15, -0.1) is 0 Å². The van der Waals surface area contributed by atoms with Gasteiger partial charge in [-0.05, 0) is 13.0 Å². The summed E-state index contributed by atoms with van der Waals surface area (Å²) in [4.78, 5) is 13.9. The van der Waals surface area contributed by atoms with Crippen LogP contribution in [-0.2, 0) is 0 Å². The predicted molar refractivity (Wildman–Crippen MR) is 50.1 cm³/mol. The minimum atomic E-state index is -0.590. The molecule has 1 aromatic rings. The molecule has 14 heavy (non-hydrogen) atoms. The van der Waals surface area contributed by atoms with Crippen molar-refractivity contribution in [2.24, 2.45) is 0 Å². The van der Waals surface area contributed by atoms with Crippen molar-refractivity contribution in [3.8, 4) is 0 Å². The minimum absolute atomic E-state index is 0.0251. The summed E-state index contributed by atoms with van der Waals surface area (Å²) in [6.07, 6.45) is 1.45. The highest BCUT2D eigenvalue weighted by Crippen LogP contribution is 2.24. The van der Waals surface area contributed by atoms with Gasteiger partial charge in [0.25, 0.3) is 0 Å². The lowest BCUT2D eigenvalue weighted by atomic mass is 10.2. The van der Waals surface area contributed by atoms with Gasteiger partial charge in [0.15, 0.2) is 0 Å². The van der Waals surface area contributed by atoms with Crippen molar-refractivity contribution in [1.29, 1.82) is 0 Å². The van der Waals surface area contributed by atoms with Gasteiger partial charge in [0.05, 0.1) is 4.92 Å². The van der Waals surface area contributed by atoms with Crippen LogP contribution in [0, 0.1) is 17.0 Å². The van der Waals surface area contributed by atoms with Crippen molar-refractivity contribution in [3.05, 3.63) is 27.9 Å². The van der Waals surface area contributed by atoms with Crippen molar-refractivity contribution in [2.45, 2.75) is 6.92 Å². The highest BCUT2D eigenvalue weighted by atomic mass is 19.1. The van der Waals surface area contributed by atoms with Gasteiger partial charge < -0.3 is 5.32 Å². The van der Waals surface area contributed by atoms with E-state index in [1.807, 2.05) is 0 Å². The van der Waals surface area contributed by atoms with E-state index in [2.05, 4.69) is 10.3 Å². The Balaban J connectivity index is 3.02. The number of hydrogen-bond donors (Lipinski definition) is 1. The van der Waals surface area contributed by atoms with Gasteiger partial charge in [0.1, 0.15) is 6.67 Å². The summed E-state index contributed by atoms with van der Waals surface area (Å²) in [6.45, 7) is 1.05. The van der Waals surface area contributed by atoms with E-state index in [0.29, 0.717) is 5.56 Å². The predicted octanol–water partition coefficient (Wildman–Crippen LogP) is 1.68. The van der Waals surface area contributed by atoms with E-state index in [9.17, 15) is 14.5 Å². The fourth-order valence-corrected chi connectivity index (χ4v) is 1.08. The molecule has 0 aliphatic heterocycles. The highest BCUT2D eigenvalue weighted by Gasteiger charge is 2.17. The molecule has 1 heterocycles. The van der Waals surface area contributed by atoms with Gasteiger partial charge in [-0.1, -0.05) is 0 Å². The van der Waals surface area contributed by atoms with Gasteiger partial charge >= 0.3 is 5.69 Å². The van der Waals surface area contributed by atoms with Gasteiger partial charge in [-0.3, -0.25) is 10.1 Å². The topological polar surface area (TPSA) is 68.1 Å². The maximum atomic E-state index is 11.9. The van der Waals surface area contributed by atoms with Gasteiger partial charge in [0.2, 0.25) is 5.82 Å². The lowest BCUT2D eigenvalue weighted by Gasteiger charge is -2.04. The Bertz CT molecular complexity index is 343. The standard InChI is InChI=1S/C8H10FN3O2/c1-6-2-4-10-8(11-5-3-9)7(6)12(13)14/h2,4H,3,5H2,1H3,(H,10,11). The van der Waals surface area contributed by atoms with E-state index >= 15 is 0 Å². The quantitative estimate of drug-likeness (QED) is 0.591. The number of pyridine rings is 1. The van der Waals surface area contributed by atoms with E-state index < -0.39 is 11.6 Å². The number of rotatable bonds is 4. The molecule has 1 N–H and O–H groups in total. The third kappa shape index (κ3) is 2.15. The van der Waals surface area contributed by atoms with E-state index in [1.165, 1.54) is 6.20 Å². The average Bonchev–Trinajstić information content (AvgIpc) is 2.14. The highest BCUT2D eigenvalue weighted by molar-refractivity contribution is 5.59. The van der Waals surface area contributed by atoms with Gasteiger partial charge in [-0.25, -0.2) is 9.37 Å². The van der Waals surface area contributed by atoms with Crippen LogP contribution in [0.2, 0.25) is 0 Å². The second-order valence-corrected chi connectivity index (χ2v) is 2.70. The van der Waals surface area contributed by atoms with Crippen molar-refractivity contribution in [2.75, 3.05) is 18.5 Å². The Morgan fingerprint density at radius 1 is 1.71 bits per heavy atom. The lowest BCUT2D eigenvalue weighted by Crippen LogP contribution is -2.08. The zero-order valence-corrected chi connectivity index (χ0v) is 7.66. The number of alkyl halides is 1. The Hall–Kier alpha value is -1.72. The minimum Gasteiger partial charge on any atom is -0.362 e. The summed E-state index contributed by atoms with van der Waals surface area (Å²) in [6, 6.07) is 1.54. The van der Waals surface area contributed by atoms with Crippen molar-refractivity contribution < 1.29 is 9.31 Å². The van der Waals surface area contributed by atoms with Crippen LogP contribution in [0.15, 0.2) is 12.3 Å². The molecule has 5 nitrogen and oxygen atoms in total. The van der Waals surface area contributed by atoms with Crippen LogP contribution in [0.1, 0.15) is 5.56 Å². The van der Waals surface area contributed by atoms with Crippen molar-refractivity contribution in [3.63, 3.8) is 0 Å². The van der Waals surface area contributed by atoms with E-state index in [1.54, 1.807) is 13.0 Å². The molecule has 76 valence electrons. The Morgan fingerprint density at radius 3 is 3.00 bits per heavy atom. The fourth-order valence-electron chi connectivity index (χ4n) is 1.08. The Labute approximate surface area is 80.1 Å². The number of anilines is 1. The van der Waals surface area contributed by atoms with Crippen LogP contribution in [0.25, 0.3) is 0 Å². The zero-order chi connectivity index (χ0) is 10.6. The third-order valence-electron chi connectivity index (χ3n) is 1.70. The van der Waals surface area contributed by atoms with E-state index in [4.69, 9.17) is 0 Å². The second-order valence-electron chi connectivity index (χ2n) is 2.70. The largest absolute Gasteiger partial charge is 0.362 e. The van der Waals surface area contributed by atoms with Gasteiger partial charge in [-0.2, -0.15) is 0 Å². The summed E-state index contributed by atoms with van der Waals surface area (Å²) in [7, 11) is 0. The molecule has 0 saturated carbocycles. The van der Waals surface area contributed by atoms with Crippen molar-refractivity contribution >= 4 is 11.5 Å². The van der Waals surface area contributed by atoms with E-state index in [0.717, 1.165) is 0 Å². The summed E-state index contributed by atoms with van der Waals surface area (Å²) >= 11 is 0. The summed E-state index contributed by atoms with van der Waals surface area (Å²) in [5, 5.41) is 13.2. The Morgan fingerprint density at radius 2 is 2.43 bits per heavy atom. The first-order chi connectivity index (χ1) is 6.66. The molecule has 0 saturated heterocycles. The molecule has 0 aliphatic rings. The van der Waals surface area contributed by atoms with E-state index in [-0.39, 0.29) is 18.1 Å². The first-order valence-corrected chi connectivity index (χ1v) is 4.06. The molecule has 0 aromatic carbocycles. The number of aryl methyl sites for hydroxylation is 1. The number of nitrogens with one attached hydrogen (secondary N) is 1. The van der Waals surface area contributed by atoms with Crippen LogP contribution in [0.5, 0.6) is 0 Å². The molecular formula is C8H10FN3O2. The first kappa shape index (κ1) is 10.4. The molecule has 1 aromatic heterocycles. The number of nitro groups is 1.